The second-order valence-electron chi connectivity index (χ2n) is 3.17. The summed E-state index contributed by atoms with van der Waals surface area (Å²) >= 11 is 0. The molecular formula is C10H9BFNO2. The highest BCUT2D eigenvalue weighted by molar-refractivity contribution is 6.32. The van der Waals surface area contributed by atoms with E-state index < -0.39 is 0 Å². The van der Waals surface area contributed by atoms with Crippen LogP contribution in [-0.2, 0) is 6.61 Å². The molecule has 5 heteroatoms. The summed E-state index contributed by atoms with van der Waals surface area (Å²) in [5.74, 6) is 0.815. The number of ether oxygens (including phenoxy) is 1. The van der Waals surface area contributed by atoms with Gasteiger partial charge in [0.1, 0.15) is 26.0 Å². The van der Waals surface area contributed by atoms with Gasteiger partial charge in [0, 0.05) is 6.07 Å². The Morgan fingerprint density at radius 2 is 2.33 bits per heavy atom. The Kier molecular flexibility index (Phi) is 2.71. The van der Waals surface area contributed by atoms with Gasteiger partial charge in [-0.05, 0) is 6.07 Å². The Morgan fingerprint density at radius 3 is 3.00 bits per heavy atom. The van der Waals surface area contributed by atoms with Crippen molar-refractivity contribution in [1.82, 2.24) is 4.98 Å². The van der Waals surface area contributed by atoms with Crippen LogP contribution in [0.1, 0.15) is 5.76 Å². The highest BCUT2D eigenvalue weighted by Crippen LogP contribution is 2.12. The second kappa shape index (κ2) is 4.17. The Morgan fingerprint density at radius 1 is 1.47 bits per heavy atom. The van der Waals surface area contributed by atoms with Crippen molar-refractivity contribution in [2.45, 2.75) is 6.61 Å². The van der Waals surface area contributed by atoms with Crippen LogP contribution in [0.5, 0.6) is 5.75 Å². The highest BCUT2D eigenvalue weighted by atomic mass is 19.1. The SMILES string of the molecule is Bc1ccc(OCc2cnco2)cc1F. The molecule has 2 aromatic rings. The predicted octanol–water partition coefficient (Wildman–Crippen LogP) is 0.651. The first kappa shape index (κ1) is 9.77. The third kappa shape index (κ3) is 2.37. The van der Waals surface area contributed by atoms with Crippen LogP contribution in [0.25, 0.3) is 0 Å². The summed E-state index contributed by atoms with van der Waals surface area (Å²) in [7, 11) is 1.70. The summed E-state index contributed by atoms with van der Waals surface area (Å²) in [6, 6.07) is 4.74. The first-order chi connectivity index (χ1) is 7.25. The number of benzene rings is 1. The fourth-order valence-corrected chi connectivity index (χ4v) is 1.13. The minimum Gasteiger partial charge on any atom is -0.485 e. The molecule has 0 unspecified atom stereocenters. The van der Waals surface area contributed by atoms with Gasteiger partial charge < -0.3 is 9.15 Å². The third-order valence-electron chi connectivity index (χ3n) is 2.01. The molecule has 0 atom stereocenters. The monoisotopic (exact) mass is 205 g/mol. The molecule has 2 rings (SSSR count). The molecule has 0 N–H and O–H groups in total. The smallest absolute Gasteiger partial charge is 0.181 e. The molecule has 0 amide bonds. The van der Waals surface area contributed by atoms with Crippen LogP contribution in [0.4, 0.5) is 4.39 Å². The highest BCUT2D eigenvalue weighted by Gasteiger charge is 2.01. The van der Waals surface area contributed by atoms with Gasteiger partial charge in [0.15, 0.2) is 12.2 Å². The molecule has 1 heterocycles. The topological polar surface area (TPSA) is 35.3 Å². The zero-order valence-corrected chi connectivity index (χ0v) is 8.24. The van der Waals surface area contributed by atoms with E-state index in [4.69, 9.17) is 9.15 Å². The lowest BCUT2D eigenvalue weighted by molar-refractivity contribution is 0.269. The van der Waals surface area contributed by atoms with Gasteiger partial charge in [-0.2, -0.15) is 0 Å². The molecule has 3 nitrogen and oxygen atoms in total. The molecule has 1 aromatic carbocycles. The lowest BCUT2D eigenvalue weighted by Crippen LogP contribution is -2.07. The summed E-state index contributed by atoms with van der Waals surface area (Å²) in [6.07, 6.45) is 2.89. The molecule has 0 aliphatic heterocycles. The fourth-order valence-electron chi connectivity index (χ4n) is 1.13. The number of nitrogens with zero attached hydrogens (tertiary/aromatic N) is 1. The molecule has 0 aliphatic rings. The Bertz CT molecular complexity index is 445. The summed E-state index contributed by atoms with van der Waals surface area (Å²) in [5, 5.41) is 0. The van der Waals surface area contributed by atoms with Gasteiger partial charge in [-0.1, -0.05) is 11.5 Å². The molecule has 0 saturated heterocycles. The van der Waals surface area contributed by atoms with Crippen LogP contribution in [0, 0.1) is 5.82 Å². The standard InChI is InChI=1S/C10H9BFNO2/c11-9-2-1-7(3-10(9)12)14-5-8-4-13-6-15-8/h1-4,6H,5,11H2. The average molecular weight is 205 g/mol. The van der Waals surface area contributed by atoms with E-state index >= 15 is 0 Å². The largest absolute Gasteiger partial charge is 0.485 e. The number of oxazole rings is 1. The number of rotatable bonds is 3. The van der Waals surface area contributed by atoms with Gasteiger partial charge in [-0.15, -0.1) is 0 Å². The van der Waals surface area contributed by atoms with Crippen molar-refractivity contribution in [1.29, 1.82) is 0 Å². The quantitative estimate of drug-likeness (QED) is 0.690. The number of hydrogen-bond acceptors (Lipinski definition) is 3. The van der Waals surface area contributed by atoms with E-state index in [-0.39, 0.29) is 12.4 Å². The maximum absolute atomic E-state index is 13.1. The number of halogens is 1. The van der Waals surface area contributed by atoms with E-state index in [1.807, 2.05) is 0 Å². The zero-order valence-electron chi connectivity index (χ0n) is 8.24. The van der Waals surface area contributed by atoms with Crippen LogP contribution >= 0.6 is 0 Å². The summed E-state index contributed by atoms with van der Waals surface area (Å²) in [4.78, 5) is 3.75. The lowest BCUT2D eigenvalue weighted by atomic mass is 9.96. The maximum atomic E-state index is 13.1. The summed E-state index contributed by atoms with van der Waals surface area (Å²) in [6.45, 7) is 0.252. The zero-order chi connectivity index (χ0) is 10.7. The molecule has 0 spiro atoms. The van der Waals surface area contributed by atoms with Crippen molar-refractivity contribution < 1.29 is 13.5 Å². The molecular weight excluding hydrogens is 196 g/mol. The molecule has 1 aromatic heterocycles. The first-order valence-corrected chi connectivity index (χ1v) is 4.52. The second-order valence-corrected chi connectivity index (χ2v) is 3.17. The number of aromatic nitrogens is 1. The first-order valence-electron chi connectivity index (χ1n) is 4.52. The van der Waals surface area contributed by atoms with Crippen LogP contribution in [0.3, 0.4) is 0 Å². The van der Waals surface area contributed by atoms with E-state index in [1.54, 1.807) is 26.2 Å². The lowest BCUT2D eigenvalue weighted by Gasteiger charge is -2.04. The van der Waals surface area contributed by atoms with E-state index in [1.165, 1.54) is 12.5 Å². The average Bonchev–Trinajstić information content (AvgIpc) is 2.73. The molecule has 0 fully saturated rings. The Labute approximate surface area is 87.3 Å². The van der Waals surface area contributed by atoms with Crippen LogP contribution in [0.15, 0.2) is 35.2 Å². The van der Waals surface area contributed by atoms with Gasteiger partial charge in [0.2, 0.25) is 0 Å². The Hall–Kier alpha value is -1.78. The third-order valence-corrected chi connectivity index (χ3v) is 2.01. The van der Waals surface area contributed by atoms with Crippen molar-refractivity contribution in [2.24, 2.45) is 0 Å². The normalized spacial score (nSPS) is 10.2. The molecule has 0 radical (unpaired) electrons. The predicted molar refractivity (Wildman–Crippen MR) is 55.4 cm³/mol. The van der Waals surface area contributed by atoms with E-state index in [2.05, 4.69) is 4.98 Å². The molecule has 15 heavy (non-hydrogen) atoms. The summed E-state index contributed by atoms with van der Waals surface area (Å²) in [5.41, 5.74) is 0.599. The van der Waals surface area contributed by atoms with E-state index in [0.29, 0.717) is 17.0 Å². The van der Waals surface area contributed by atoms with Crippen molar-refractivity contribution in [2.75, 3.05) is 0 Å². The van der Waals surface area contributed by atoms with Crippen molar-refractivity contribution in [3.05, 3.63) is 42.4 Å². The Balaban J connectivity index is 2.02. The van der Waals surface area contributed by atoms with Crippen LogP contribution in [-0.4, -0.2) is 12.8 Å². The van der Waals surface area contributed by atoms with E-state index in [9.17, 15) is 4.39 Å². The molecule has 76 valence electrons. The van der Waals surface area contributed by atoms with E-state index in [0.717, 1.165) is 0 Å². The van der Waals surface area contributed by atoms with Crippen LogP contribution < -0.4 is 10.2 Å². The molecule has 0 bridgehead atoms. The molecule has 0 aliphatic carbocycles. The van der Waals surface area contributed by atoms with Crippen LogP contribution in [0.2, 0.25) is 0 Å². The van der Waals surface area contributed by atoms with Gasteiger partial charge >= 0.3 is 0 Å². The van der Waals surface area contributed by atoms with Crippen molar-refractivity contribution in [3.63, 3.8) is 0 Å². The minimum absolute atomic E-state index is 0.252. The molecule has 0 saturated carbocycles. The summed E-state index contributed by atoms with van der Waals surface area (Å²) < 4.78 is 23.4. The minimum atomic E-state index is -0.273. The van der Waals surface area contributed by atoms with Gasteiger partial charge in [0.05, 0.1) is 6.20 Å². The van der Waals surface area contributed by atoms with Gasteiger partial charge in [-0.3, -0.25) is 0 Å². The van der Waals surface area contributed by atoms with Gasteiger partial charge in [0.25, 0.3) is 0 Å². The van der Waals surface area contributed by atoms with Crippen molar-refractivity contribution >= 4 is 13.3 Å². The fraction of sp³-hybridized carbons (Fsp3) is 0.100. The van der Waals surface area contributed by atoms with Gasteiger partial charge in [-0.25, -0.2) is 9.37 Å². The van der Waals surface area contributed by atoms with Crippen molar-refractivity contribution in [3.8, 4) is 5.75 Å². The number of hydrogen-bond donors (Lipinski definition) is 0. The maximum Gasteiger partial charge on any atom is 0.181 e.